The number of benzene rings is 1. The molecule has 0 bridgehead atoms. The van der Waals surface area contributed by atoms with Crippen LogP contribution in [0.25, 0.3) is 0 Å². The van der Waals surface area contributed by atoms with Gasteiger partial charge < -0.3 is 0 Å². The number of hydrogen-bond donors (Lipinski definition) is 0. The summed E-state index contributed by atoms with van der Waals surface area (Å²) < 4.78 is 16.4. The fraction of sp³-hybridized carbons (Fsp3) is 0.333. The van der Waals surface area contributed by atoms with E-state index < -0.39 is 0 Å². The number of methoxy groups -OCH3 is 3. The molecule has 0 saturated carbocycles. The van der Waals surface area contributed by atoms with Gasteiger partial charge in [-0.2, -0.15) is 0 Å². The molecule has 0 N–H and O–H groups in total. The van der Waals surface area contributed by atoms with Crippen molar-refractivity contribution in [1.82, 2.24) is 0 Å². The standard InChI is InChI=1S/C9H11O3Se/c1-10-7-4-6(13)5-8(11-2)9(7)12-3/h4-5H,1-3H3. The van der Waals surface area contributed by atoms with Crippen LogP contribution in [0.3, 0.4) is 0 Å². The molecule has 0 amide bonds. The summed E-state index contributed by atoms with van der Waals surface area (Å²) in [7, 11) is 4.77. The van der Waals surface area contributed by atoms with Crippen LogP contribution in [0.1, 0.15) is 0 Å². The van der Waals surface area contributed by atoms with Crippen LogP contribution in [0.5, 0.6) is 17.2 Å². The molecule has 0 atom stereocenters. The van der Waals surface area contributed by atoms with Gasteiger partial charge in [0.15, 0.2) is 0 Å². The first-order valence-electron chi connectivity index (χ1n) is 3.70. The molecule has 0 aliphatic heterocycles. The Bertz CT molecular complexity index is 274. The number of rotatable bonds is 3. The van der Waals surface area contributed by atoms with Gasteiger partial charge in [0, 0.05) is 0 Å². The van der Waals surface area contributed by atoms with Crippen molar-refractivity contribution < 1.29 is 14.2 Å². The second-order valence-electron chi connectivity index (χ2n) is 2.36. The first-order valence-corrected chi connectivity index (χ1v) is 4.55. The van der Waals surface area contributed by atoms with E-state index in [1.165, 1.54) is 0 Å². The number of ether oxygens (including phenoxy) is 3. The van der Waals surface area contributed by atoms with E-state index in [0.717, 1.165) is 4.46 Å². The van der Waals surface area contributed by atoms with Crippen molar-refractivity contribution in [2.45, 2.75) is 0 Å². The van der Waals surface area contributed by atoms with E-state index >= 15 is 0 Å². The van der Waals surface area contributed by atoms with Crippen LogP contribution in [-0.4, -0.2) is 37.3 Å². The molecule has 0 aromatic heterocycles. The molecule has 1 rings (SSSR count). The summed E-state index contributed by atoms with van der Waals surface area (Å²) in [4.78, 5) is 0. The summed E-state index contributed by atoms with van der Waals surface area (Å²) in [6, 6.07) is 3.70. The molecule has 3 nitrogen and oxygen atoms in total. The molecule has 1 aromatic rings. The van der Waals surface area contributed by atoms with E-state index in [1.807, 2.05) is 12.1 Å². The Kier molecular flexibility index (Phi) is 3.46. The topological polar surface area (TPSA) is 27.7 Å². The summed E-state index contributed by atoms with van der Waals surface area (Å²) in [5, 5.41) is 0. The van der Waals surface area contributed by atoms with Crippen LogP contribution in [0, 0.1) is 0 Å². The van der Waals surface area contributed by atoms with Crippen molar-refractivity contribution >= 4 is 20.5 Å². The molecule has 71 valence electrons. The van der Waals surface area contributed by atoms with Crippen LogP contribution < -0.4 is 18.7 Å². The Morgan fingerprint density at radius 2 is 1.38 bits per heavy atom. The Morgan fingerprint density at radius 1 is 0.923 bits per heavy atom. The average molecular weight is 246 g/mol. The molecule has 0 aliphatic rings. The van der Waals surface area contributed by atoms with Gasteiger partial charge in [-0.1, -0.05) is 0 Å². The van der Waals surface area contributed by atoms with E-state index in [4.69, 9.17) is 14.2 Å². The van der Waals surface area contributed by atoms with Crippen molar-refractivity contribution in [3.63, 3.8) is 0 Å². The van der Waals surface area contributed by atoms with Crippen molar-refractivity contribution in [3.05, 3.63) is 12.1 Å². The van der Waals surface area contributed by atoms with Gasteiger partial charge in [-0.15, -0.1) is 0 Å². The second kappa shape index (κ2) is 4.40. The third-order valence-corrected chi connectivity index (χ3v) is 2.13. The van der Waals surface area contributed by atoms with Gasteiger partial charge in [0.1, 0.15) is 0 Å². The summed E-state index contributed by atoms with van der Waals surface area (Å²) in [6.07, 6.45) is 0. The molecule has 4 heteroatoms. The first kappa shape index (κ1) is 10.2. The first-order chi connectivity index (χ1) is 6.22. The predicted molar refractivity (Wildman–Crippen MR) is 51.5 cm³/mol. The minimum absolute atomic E-state index is 0.615. The van der Waals surface area contributed by atoms with Gasteiger partial charge in [0.05, 0.1) is 0 Å². The molecule has 0 saturated heterocycles. The molecular formula is C9H11O3Se. The molecule has 1 radical (unpaired) electrons. The summed E-state index contributed by atoms with van der Waals surface area (Å²) >= 11 is 2.89. The van der Waals surface area contributed by atoms with E-state index in [2.05, 4.69) is 16.0 Å². The summed E-state index contributed by atoms with van der Waals surface area (Å²) in [6.45, 7) is 0. The molecule has 0 unspecified atom stereocenters. The Hall–Kier alpha value is -0.861. The average Bonchev–Trinajstić information content (AvgIpc) is 2.16. The van der Waals surface area contributed by atoms with Crippen LogP contribution in [0.4, 0.5) is 0 Å². The Morgan fingerprint density at radius 3 is 1.69 bits per heavy atom. The van der Waals surface area contributed by atoms with Crippen molar-refractivity contribution in [2.24, 2.45) is 0 Å². The number of hydrogen-bond acceptors (Lipinski definition) is 3. The fourth-order valence-electron chi connectivity index (χ4n) is 1.06. The summed E-state index contributed by atoms with van der Waals surface area (Å²) in [5.74, 6) is 1.94. The molecule has 1 aromatic carbocycles. The van der Waals surface area contributed by atoms with E-state index in [0.29, 0.717) is 17.2 Å². The second-order valence-corrected chi connectivity index (χ2v) is 3.35. The van der Waals surface area contributed by atoms with Crippen LogP contribution in [-0.2, 0) is 0 Å². The maximum atomic E-state index is 5.15. The zero-order valence-electron chi connectivity index (χ0n) is 7.79. The quantitative estimate of drug-likeness (QED) is 0.727. The molecule has 13 heavy (non-hydrogen) atoms. The van der Waals surface area contributed by atoms with Crippen molar-refractivity contribution in [3.8, 4) is 17.2 Å². The molecule has 0 fully saturated rings. The molecule has 0 spiro atoms. The van der Waals surface area contributed by atoms with E-state index in [1.54, 1.807) is 21.3 Å². The maximum absolute atomic E-state index is 5.15. The van der Waals surface area contributed by atoms with Gasteiger partial charge in [0.25, 0.3) is 0 Å². The zero-order chi connectivity index (χ0) is 9.84. The SMILES string of the molecule is COc1cc([Se])cc(OC)c1OC. The van der Waals surface area contributed by atoms with E-state index in [9.17, 15) is 0 Å². The van der Waals surface area contributed by atoms with Gasteiger partial charge >= 0.3 is 85.4 Å². The minimum atomic E-state index is 0.615. The predicted octanol–water partition coefficient (Wildman–Crippen LogP) is 0.506. The van der Waals surface area contributed by atoms with Crippen LogP contribution in [0.15, 0.2) is 12.1 Å². The van der Waals surface area contributed by atoms with Gasteiger partial charge in [-0.25, -0.2) is 0 Å². The van der Waals surface area contributed by atoms with Gasteiger partial charge in [0.2, 0.25) is 0 Å². The third-order valence-electron chi connectivity index (χ3n) is 1.64. The Balaban J connectivity index is 3.25. The third kappa shape index (κ3) is 2.08. The van der Waals surface area contributed by atoms with Gasteiger partial charge in [-0.3, -0.25) is 0 Å². The summed E-state index contributed by atoms with van der Waals surface area (Å²) in [5.41, 5.74) is 0. The molecular weight excluding hydrogens is 235 g/mol. The van der Waals surface area contributed by atoms with Crippen molar-refractivity contribution in [1.29, 1.82) is 0 Å². The monoisotopic (exact) mass is 247 g/mol. The van der Waals surface area contributed by atoms with Gasteiger partial charge in [-0.05, 0) is 0 Å². The van der Waals surface area contributed by atoms with E-state index in [-0.39, 0.29) is 0 Å². The molecule has 0 heterocycles. The zero-order valence-corrected chi connectivity index (χ0v) is 9.50. The molecule has 0 aliphatic carbocycles. The van der Waals surface area contributed by atoms with Crippen LogP contribution in [0.2, 0.25) is 0 Å². The Labute approximate surface area is 85.8 Å². The van der Waals surface area contributed by atoms with Crippen LogP contribution >= 0.6 is 0 Å². The fourth-order valence-corrected chi connectivity index (χ4v) is 1.51. The normalized spacial score (nSPS) is 9.46. The van der Waals surface area contributed by atoms with Crippen molar-refractivity contribution in [2.75, 3.05) is 21.3 Å².